The number of ether oxygens (including phenoxy) is 1. The fourth-order valence-electron chi connectivity index (χ4n) is 2.25. The quantitative estimate of drug-likeness (QED) is 0.760. The molecule has 1 heterocycles. The molecule has 0 spiro atoms. The van der Waals surface area contributed by atoms with Crippen molar-refractivity contribution in [1.29, 1.82) is 0 Å². The molecule has 0 saturated carbocycles. The van der Waals surface area contributed by atoms with Gasteiger partial charge in [0.1, 0.15) is 11.5 Å². The topological polar surface area (TPSA) is 51.2 Å². The van der Waals surface area contributed by atoms with Crippen LogP contribution in [0.4, 0.5) is 5.69 Å². The molecular formula is C20H18N2O2. The maximum atomic E-state index is 12.1. The van der Waals surface area contributed by atoms with E-state index in [1.165, 1.54) is 0 Å². The van der Waals surface area contributed by atoms with E-state index in [-0.39, 0.29) is 5.91 Å². The van der Waals surface area contributed by atoms with Crippen molar-refractivity contribution in [2.75, 3.05) is 5.32 Å². The van der Waals surface area contributed by atoms with Crippen LogP contribution in [0, 0.1) is 6.92 Å². The van der Waals surface area contributed by atoms with Gasteiger partial charge in [0.05, 0.1) is 6.42 Å². The number of amides is 1. The lowest BCUT2D eigenvalue weighted by Crippen LogP contribution is -2.14. The first kappa shape index (κ1) is 15.7. The fourth-order valence-corrected chi connectivity index (χ4v) is 2.25. The van der Waals surface area contributed by atoms with Crippen LogP contribution < -0.4 is 10.1 Å². The maximum absolute atomic E-state index is 12.1. The molecule has 0 aliphatic rings. The Morgan fingerprint density at radius 2 is 1.54 bits per heavy atom. The van der Waals surface area contributed by atoms with Crippen LogP contribution in [0.1, 0.15) is 11.1 Å². The summed E-state index contributed by atoms with van der Waals surface area (Å²) in [5, 5.41) is 2.89. The van der Waals surface area contributed by atoms with Gasteiger partial charge in [0.25, 0.3) is 0 Å². The van der Waals surface area contributed by atoms with Crippen LogP contribution in [0.3, 0.4) is 0 Å². The highest BCUT2D eigenvalue weighted by molar-refractivity contribution is 5.92. The predicted octanol–water partition coefficient (Wildman–Crippen LogP) is 4.36. The minimum absolute atomic E-state index is 0.0401. The summed E-state index contributed by atoms with van der Waals surface area (Å²) in [6.45, 7) is 2.02. The Labute approximate surface area is 141 Å². The van der Waals surface area contributed by atoms with Gasteiger partial charge in [0.2, 0.25) is 5.91 Å². The van der Waals surface area contributed by atoms with E-state index in [9.17, 15) is 4.79 Å². The van der Waals surface area contributed by atoms with Crippen molar-refractivity contribution in [2.45, 2.75) is 13.3 Å². The average Bonchev–Trinajstić information content (AvgIpc) is 2.60. The monoisotopic (exact) mass is 318 g/mol. The third-order valence-corrected chi connectivity index (χ3v) is 3.51. The van der Waals surface area contributed by atoms with E-state index in [4.69, 9.17) is 4.74 Å². The van der Waals surface area contributed by atoms with Gasteiger partial charge in [0, 0.05) is 18.1 Å². The lowest BCUT2D eigenvalue weighted by molar-refractivity contribution is -0.115. The normalized spacial score (nSPS) is 10.2. The number of pyridine rings is 1. The Hall–Kier alpha value is -3.14. The molecule has 3 aromatic rings. The van der Waals surface area contributed by atoms with Crippen molar-refractivity contribution < 1.29 is 9.53 Å². The second-order valence-electron chi connectivity index (χ2n) is 5.52. The van der Waals surface area contributed by atoms with Crippen molar-refractivity contribution in [3.63, 3.8) is 0 Å². The summed E-state index contributed by atoms with van der Waals surface area (Å²) in [6.07, 6.45) is 3.68. The molecule has 0 aliphatic heterocycles. The van der Waals surface area contributed by atoms with Gasteiger partial charge < -0.3 is 10.1 Å². The summed E-state index contributed by atoms with van der Waals surface area (Å²) < 4.78 is 5.70. The molecule has 2 aromatic carbocycles. The Bertz CT molecular complexity index is 797. The van der Waals surface area contributed by atoms with E-state index < -0.39 is 0 Å². The molecule has 0 saturated heterocycles. The zero-order chi connectivity index (χ0) is 16.8. The van der Waals surface area contributed by atoms with Gasteiger partial charge in [-0.2, -0.15) is 0 Å². The number of hydrogen-bond donors (Lipinski definition) is 1. The number of benzene rings is 2. The first-order valence-electron chi connectivity index (χ1n) is 7.72. The van der Waals surface area contributed by atoms with E-state index >= 15 is 0 Å². The van der Waals surface area contributed by atoms with E-state index in [1.807, 2.05) is 55.5 Å². The standard InChI is InChI=1S/C20H18N2O2/c1-15-2-6-17(7-3-15)22-20(23)14-16-4-8-18(9-5-16)24-19-10-12-21-13-11-19/h2-13H,14H2,1H3,(H,22,23). The van der Waals surface area contributed by atoms with Crippen LogP contribution >= 0.6 is 0 Å². The van der Waals surface area contributed by atoms with Gasteiger partial charge in [-0.1, -0.05) is 29.8 Å². The molecule has 120 valence electrons. The second-order valence-corrected chi connectivity index (χ2v) is 5.52. The zero-order valence-corrected chi connectivity index (χ0v) is 13.4. The van der Waals surface area contributed by atoms with Crippen LogP contribution in [0.2, 0.25) is 0 Å². The third-order valence-electron chi connectivity index (χ3n) is 3.51. The molecule has 1 N–H and O–H groups in total. The first-order chi connectivity index (χ1) is 11.7. The number of rotatable bonds is 5. The van der Waals surface area contributed by atoms with E-state index in [1.54, 1.807) is 24.5 Å². The molecule has 4 heteroatoms. The number of aromatic nitrogens is 1. The lowest BCUT2D eigenvalue weighted by Gasteiger charge is -2.08. The Morgan fingerprint density at radius 1 is 0.917 bits per heavy atom. The highest BCUT2D eigenvalue weighted by Crippen LogP contribution is 2.21. The number of aryl methyl sites for hydroxylation is 1. The molecule has 0 radical (unpaired) electrons. The number of nitrogens with one attached hydrogen (secondary N) is 1. The van der Waals surface area contributed by atoms with Gasteiger partial charge in [0.15, 0.2) is 0 Å². The van der Waals surface area contributed by atoms with Gasteiger partial charge in [-0.15, -0.1) is 0 Å². The summed E-state index contributed by atoms with van der Waals surface area (Å²) >= 11 is 0. The molecule has 0 aliphatic carbocycles. The predicted molar refractivity (Wildman–Crippen MR) is 94.3 cm³/mol. The summed E-state index contributed by atoms with van der Waals surface area (Å²) in [5.74, 6) is 1.42. The van der Waals surface area contributed by atoms with Crippen molar-refractivity contribution in [3.05, 3.63) is 84.2 Å². The molecule has 0 bridgehead atoms. The number of anilines is 1. The highest BCUT2D eigenvalue weighted by atomic mass is 16.5. The zero-order valence-electron chi connectivity index (χ0n) is 13.4. The van der Waals surface area contributed by atoms with Crippen LogP contribution in [-0.2, 0) is 11.2 Å². The number of hydrogen-bond acceptors (Lipinski definition) is 3. The van der Waals surface area contributed by atoms with Crippen LogP contribution in [0.25, 0.3) is 0 Å². The van der Waals surface area contributed by atoms with Crippen molar-refractivity contribution in [3.8, 4) is 11.5 Å². The summed E-state index contributed by atoms with van der Waals surface area (Å²) in [4.78, 5) is 16.0. The van der Waals surface area contributed by atoms with E-state index in [0.717, 1.165) is 28.3 Å². The minimum atomic E-state index is -0.0401. The molecule has 0 atom stereocenters. The molecule has 4 nitrogen and oxygen atoms in total. The molecule has 3 rings (SSSR count). The molecule has 1 amide bonds. The van der Waals surface area contributed by atoms with Crippen molar-refractivity contribution in [1.82, 2.24) is 4.98 Å². The largest absolute Gasteiger partial charge is 0.457 e. The third kappa shape index (κ3) is 4.43. The maximum Gasteiger partial charge on any atom is 0.228 e. The fraction of sp³-hybridized carbons (Fsp3) is 0.100. The number of carbonyl (C=O) groups is 1. The number of carbonyl (C=O) groups excluding carboxylic acids is 1. The van der Waals surface area contributed by atoms with Crippen LogP contribution in [0.15, 0.2) is 73.1 Å². The first-order valence-corrected chi connectivity index (χ1v) is 7.72. The molecule has 1 aromatic heterocycles. The van der Waals surface area contributed by atoms with Crippen molar-refractivity contribution >= 4 is 11.6 Å². The SMILES string of the molecule is Cc1ccc(NC(=O)Cc2ccc(Oc3ccncc3)cc2)cc1. The summed E-state index contributed by atoms with van der Waals surface area (Å²) in [6, 6.07) is 18.8. The van der Waals surface area contributed by atoms with E-state index in [0.29, 0.717) is 6.42 Å². The van der Waals surface area contributed by atoms with Gasteiger partial charge in [-0.3, -0.25) is 9.78 Å². The van der Waals surface area contributed by atoms with Gasteiger partial charge in [-0.05, 0) is 48.9 Å². The van der Waals surface area contributed by atoms with Gasteiger partial charge in [-0.25, -0.2) is 0 Å². The van der Waals surface area contributed by atoms with Crippen LogP contribution in [0.5, 0.6) is 11.5 Å². The molecule has 0 unspecified atom stereocenters. The van der Waals surface area contributed by atoms with Crippen molar-refractivity contribution in [2.24, 2.45) is 0 Å². The Morgan fingerprint density at radius 3 is 2.21 bits per heavy atom. The summed E-state index contributed by atoms with van der Waals surface area (Å²) in [7, 11) is 0. The Kier molecular flexibility index (Phi) is 4.87. The highest BCUT2D eigenvalue weighted by Gasteiger charge is 2.05. The number of nitrogens with zero attached hydrogens (tertiary/aromatic N) is 1. The minimum Gasteiger partial charge on any atom is -0.457 e. The Balaban J connectivity index is 1.57. The molecule has 0 fully saturated rings. The van der Waals surface area contributed by atoms with Gasteiger partial charge >= 0.3 is 0 Å². The molecular weight excluding hydrogens is 300 g/mol. The van der Waals surface area contributed by atoms with E-state index in [2.05, 4.69) is 10.3 Å². The summed E-state index contributed by atoms with van der Waals surface area (Å²) in [5.41, 5.74) is 2.91. The molecule has 24 heavy (non-hydrogen) atoms. The average molecular weight is 318 g/mol. The lowest BCUT2D eigenvalue weighted by atomic mass is 10.1. The van der Waals surface area contributed by atoms with Crippen LogP contribution in [-0.4, -0.2) is 10.9 Å². The smallest absolute Gasteiger partial charge is 0.228 e. The second kappa shape index (κ2) is 7.42.